The summed E-state index contributed by atoms with van der Waals surface area (Å²) in [6, 6.07) is 4.24. The van der Waals surface area contributed by atoms with Gasteiger partial charge in [0.2, 0.25) is 0 Å². The lowest BCUT2D eigenvalue weighted by molar-refractivity contribution is -0.192. The normalized spacial score (nSPS) is 27.8. The lowest BCUT2D eigenvalue weighted by Crippen LogP contribution is -2.46. The largest absolute Gasteiger partial charge is 0.490 e. The van der Waals surface area contributed by atoms with Gasteiger partial charge in [-0.15, -0.1) is 0 Å². The molecular weight excluding hydrogens is 330 g/mol. The Bertz CT molecular complexity index is 683. The molecule has 2 aliphatic heterocycles. The van der Waals surface area contributed by atoms with Crippen molar-refractivity contribution in [3.8, 4) is 6.07 Å². The van der Waals surface area contributed by atoms with Crippen molar-refractivity contribution in [3.63, 3.8) is 0 Å². The van der Waals surface area contributed by atoms with Gasteiger partial charge in [0.15, 0.2) is 0 Å². The summed E-state index contributed by atoms with van der Waals surface area (Å²) in [5.41, 5.74) is 0.0827. The number of nitrogens with one attached hydrogen (secondary N) is 1. The number of pyridine rings is 1. The fourth-order valence-corrected chi connectivity index (χ4v) is 2.81. The number of carboxylic acid groups (broad SMARTS) is 1. The summed E-state index contributed by atoms with van der Waals surface area (Å²) in [7, 11) is 0. The molecule has 3 rings (SSSR count). The van der Waals surface area contributed by atoms with Crippen molar-refractivity contribution in [2.75, 3.05) is 0 Å². The van der Waals surface area contributed by atoms with Gasteiger partial charge in [0.25, 0.3) is 0 Å². The van der Waals surface area contributed by atoms with Gasteiger partial charge in [0.1, 0.15) is 5.82 Å². The van der Waals surface area contributed by atoms with Crippen molar-refractivity contribution >= 4 is 5.97 Å². The Hall–Kier alpha value is -2.47. The molecule has 1 aromatic rings. The molecule has 2 N–H and O–H groups in total. The Morgan fingerprint density at radius 2 is 1.88 bits per heavy atom. The van der Waals surface area contributed by atoms with Crippen LogP contribution in [-0.4, -0.2) is 34.3 Å². The molecule has 0 saturated carbocycles. The smallest absolute Gasteiger partial charge is 0.475 e. The van der Waals surface area contributed by atoms with Gasteiger partial charge in [-0.3, -0.25) is 4.98 Å². The number of fused-ring (bicyclic) bond motifs is 2. The highest BCUT2D eigenvalue weighted by Gasteiger charge is 2.43. The van der Waals surface area contributed by atoms with Gasteiger partial charge in [-0.25, -0.2) is 9.18 Å². The maximum atomic E-state index is 13.2. The summed E-state index contributed by atoms with van der Waals surface area (Å²) in [5, 5.41) is 20.0. The highest BCUT2D eigenvalue weighted by atomic mass is 19.4. The van der Waals surface area contributed by atoms with E-state index in [4.69, 9.17) is 9.90 Å². The third-order valence-electron chi connectivity index (χ3n) is 3.85. The van der Waals surface area contributed by atoms with Gasteiger partial charge < -0.3 is 10.4 Å². The van der Waals surface area contributed by atoms with Crippen molar-refractivity contribution < 1.29 is 27.5 Å². The minimum absolute atomic E-state index is 0.219. The van der Waals surface area contributed by atoms with E-state index in [-0.39, 0.29) is 17.9 Å². The summed E-state index contributed by atoms with van der Waals surface area (Å²) in [6.45, 7) is 0. The number of aromatic nitrogens is 1. The molecule has 3 heterocycles. The van der Waals surface area contributed by atoms with Crippen LogP contribution in [0.4, 0.5) is 17.6 Å². The quantitative estimate of drug-likeness (QED) is 0.604. The number of hydrogen-bond donors (Lipinski definition) is 2. The molecule has 1 aromatic heterocycles. The molecule has 2 bridgehead atoms. The minimum Gasteiger partial charge on any atom is -0.475 e. The minimum atomic E-state index is -5.08. The van der Waals surface area contributed by atoms with Crippen LogP contribution in [0.3, 0.4) is 0 Å². The average molecular weight is 343 g/mol. The fraction of sp³-hybridized carbons (Fsp3) is 0.400. The van der Waals surface area contributed by atoms with E-state index in [1.165, 1.54) is 12.3 Å². The van der Waals surface area contributed by atoms with Gasteiger partial charge >= 0.3 is 12.1 Å². The second-order valence-corrected chi connectivity index (χ2v) is 5.56. The Morgan fingerprint density at radius 3 is 2.29 bits per heavy atom. The second kappa shape index (κ2) is 6.57. The molecule has 0 spiro atoms. The van der Waals surface area contributed by atoms with E-state index >= 15 is 0 Å². The number of nitrogens with zero attached hydrogens (tertiary/aromatic N) is 2. The molecule has 0 amide bonds. The fourth-order valence-electron chi connectivity index (χ4n) is 2.81. The summed E-state index contributed by atoms with van der Waals surface area (Å²) in [4.78, 5) is 12.8. The SMILES string of the molecule is N#CC1(c2cncc(F)c2)C[C@H]2C=C[C@@H](C1)N2.O=C(O)C(F)(F)F. The molecule has 3 atom stereocenters. The highest BCUT2D eigenvalue weighted by Crippen LogP contribution is 2.39. The van der Waals surface area contributed by atoms with Crippen LogP contribution >= 0.6 is 0 Å². The number of carbonyl (C=O) groups is 1. The van der Waals surface area contributed by atoms with Gasteiger partial charge in [-0.2, -0.15) is 18.4 Å². The first-order valence-corrected chi connectivity index (χ1v) is 6.93. The molecule has 1 saturated heterocycles. The molecule has 9 heteroatoms. The molecular formula is C15H13F4N3O2. The standard InChI is InChI=1S/C13H12FN3.C2HF3O2/c14-10-3-9(6-16-7-10)13(8-15)4-11-1-2-12(5-13)17-11;3-2(4,5)1(6)7/h1-3,6-7,11-12,17H,4-5H2;(H,6,7)/t11-,12+,13?;. The van der Waals surface area contributed by atoms with Crippen LogP contribution in [0, 0.1) is 17.1 Å². The molecule has 0 aliphatic carbocycles. The number of piperidine rings is 1. The Balaban J connectivity index is 0.000000256. The van der Waals surface area contributed by atoms with Crippen LogP contribution in [0.2, 0.25) is 0 Å². The number of aliphatic carboxylic acids is 1. The third kappa shape index (κ3) is 3.89. The Labute approximate surface area is 134 Å². The van der Waals surface area contributed by atoms with E-state index < -0.39 is 17.6 Å². The monoisotopic (exact) mass is 343 g/mol. The number of nitriles is 1. The molecule has 0 radical (unpaired) electrons. The average Bonchev–Trinajstić information content (AvgIpc) is 2.86. The van der Waals surface area contributed by atoms with Crippen LogP contribution in [-0.2, 0) is 10.2 Å². The lowest BCUT2D eigenvalue weighted by atomic mass is 9.72. The van der Waals surface area contributed by atoms with Crippen LogP contribution in [0.1, 0.15) is 18.4 Å². The molecule has 0 aromatic carbocycles. The zero-order valence-corrected chi connectivity index (χ0v) is 12.2. The summed E-state index contributed by atoms with van der Waals surface area (Å²) >= 11 is 0. The van der Waals surface area contributed by atoms with Crippen LogP contribution < -0.4 is 5.32 Å². The van der Waals surface area contributed by atoms with Crippen LogP contribution in [0.25, 0.3) is 0 Å². The van der Waals surface area contributed by atoms with Crippen molar-refractivity contribution in [1.82, 2.24) is 10.3 Å². The van der Waals surface area contributed by atoms with Crippen LogP contribution in [0.15, 0.2) is 30.6 Å². The van der Waals surface area contributed by atoms with Crippen molar-refractivity contribution in [1.29, 1.82) is 5.26 Å². The second-order valence-electron chi connectivity index (χ2n) is 5.56. The number of rotatable bonds is 1. The van der Waals surface area contributed by atoms with Gasteiger partial charge in [0, 0.05) is 18.3 Å². The van der Waals surface area contributed by atoms with Gasteiger partial charge in [-0.1, -0.05) is 12.2 Å². The zero-order chi connectivity index (χ0) is 18.0. The zero-order valence-electron chi connectivity index (χ0n) is 12.2. The molecule has 128 valence electrons. The number of alkyl halides is 3. The van der Waals surface area contributed by atoms with E-state index in [1.54, 1.807) is 6.20 Å². The predicted octanol–water partition coefficient (Wildman–Crippen LogP) is 2.31. The van der Waals surface area contributed by atoms with Gasteiger partial charge in [-0.05, 0) is 24.5 Å². The van der Waals surface area contributed by atoms with Gasteiger partial charge in [0.05, 0.1) is 17.7 Å². The topological polar surface area (TPSA) is 86.0 Å². The van der Waals surface area contributed by atoms with E-state index in [2.05, 4.69) is 28.5 Å². The van der Waals surface area contributed by atoms with Crippen molar-refractivity contribution in [2.24, 2.45) is 0 Å². The number of hydrogen-bond acceptors (Lipinski definition) is 4. The van der Waals surface area contributed by atoms with Crippen molar-refractivity contribution in [3.05, 3.63) is 42.0 Å². The predicted molar refractivity (Wildman–Crippen MR) is 74.3 cm³/mol. The van der Waals surface area contributed by atoms with E-state index in [0.29, 0.717) is 18.4 Å². The molecule has 2 aliphatic rings. The number of halogens is 4. The first-order valence-electron chi connectivity index (χ1n) is 6.93. The number of carboxylic acids is 1. The van der Waals surface area contributed by atoms with E-state index in [9.17, 15) is 22.8 Å². The summed E-state index contributed by atoms with van der Waals surface area (Å²) in [5.74, 6) is -3.14. The first-order chi connectivity index (χ1) is 11.2. The highest BCUT2D eigenvalue weighted by molar-refractivity contribution is 5.73. The Morgan fingerprint density at radius 1 is 1.33 bits per heavy atom. The molecule has 1 unspecified atom stereocenters. The Kier molecular flexibility index (Phi) is 4.89. The lowest BCUT2D eigenvalue weighted by Gasteiger charge is -2.36. The third-order valence-corrected chi connectivity index (χ3v) is 3.85. The van der Waals surface area contributed by atoms with E-state index in [1.807, 2.05) is 0 Å². The van der Waals surface area contributed by atoms with E-state index in [0.717, 1.165) is 0 Å². The molecule has 1 fully saturated rings. The maximum Gasteiger partial charge on any atom is 0.490 e. The first kappa shape index (κ1) is 17.9. The molecule has 24 heavy (non-hydrogen) atoms. The summed E-state index contributed by atoms with van der Waals surface area (Å²) < 4.78 is 45.0. The van der Waals surface area contributed by atoms with Crippen LogP contribution in [0.5, 0.6) is 0 Å². The van der Waals surface area contributed by atoms with Crippen molar-refractivity contribution in [2.45, 2.75) is 36.5 Å². The maximum absolute atomic E-state index is 13.2. The summed E-state index contributed by atoms with van der Waals surface area (Å²) in [6.07, 6.45) is 3.25. The molecule has 5 nitrogen and oxygen atoms in total.